The maximum absolute atomic E-state index is 8.14. The maximum Gasteiger partial charge on any atom is 2.00 e. The van der Waals surface area contributed by atoms with E-state index in [1.807, 2.05) is 27.7 Å². The maximum atomic E-state index is 8.14. The van der Waals surface area contributed by atoms with E-state index in [1.165, 1.54) is 0 Å². The molecular formula is C10H26O2Ti. The van der Waals surface area contributed by atoms with Gasteiger partial charge in [-0.25, -0.2) is 0 Å². The minimum absolute atomic E-state index is 0. The van der Waals surface area contributed by atoms with Gasteiger partial charge in [0.2, 0.25) is 0 Å². The first kappa shape index (κ1) is 29.2. The van der Waals surface area contributed by atoms with E-state index in [1.54, 1.807) is 0 Å². The zero-order chi connectivity index (χ0) is 8.57. The molecule has 0 aromatic carbocycles. The van der Waals surface area contributed by atoms with Gasteiger partial charge in [-0.2, -0.15) is 0 Å². The van der Waals surface area contributed by atoms with Gasteiger partial charge in [0.15, 0.2) is 0 Å². The van der Waals surface area contributed by atoms with Crippen molar-refractivity contribution in [2.24, 2.45) is 11.8 Å². The molecular weight excluding hydrogens is 200 g/mol. The van der Waals surface area contributed by atoms with Crippen LogP contribution in [0.3, 0.4) is 0 Å². The molecule has 2 nitrogen and oxygen atoms in total. The predicted molar refractivity (Wildman–Crippen MR) is 56.7 cm³/mol. The largest absolute Gasteiger partial charge is 2.00 e. The number of aliphatic hydroxyl groups is 2. The van der Waals surface area contributed by atoms with E-state index in [4.69, 9.17) is 10.2 Å². The molecule has 0 aromatic heterocycles. The summed E-state index contributed by atoms with van der Waals surface area (Å²) in [4.78, 5) is 0. The second-order valence-electron chi connectivity index (χ2n) is 3.15. The van der Waals surface area contributed by atoms with Gasteiger partial charge >= 0.3 is 21.7 Å². The van der Waals surface area contributed by atoms with Crippen LogP contribution in [-0.4, -0.2) is 23.4 Å². The first-order valence-electron chi connectivity index (χ1n) is 3.76. The van der Waals surface area contributed by atoms with Gasteiger partial charge in [-0.05, 0) is 11.8 Å². The average molecular weight is 226 g/mol. The van der Waals surface area contributed by atoms with Crippen LogP contribution in [0.1, 0.15) is 27.7 Å². The van der Waals surface area contributed by atoms with Crippen molar-refractivity contribution < 1.29 is 31.9 Å². The molecule has 82 valence electrons. The summed E-state index contributed by atoms with van der Waals surface area (Å²) in [6.07, 6.45) is 0. The smallest absolute Gasteiger partial charge is 0.396 e. The van der Waals surface area contributed by atoms with Gasteiger partial charge in [-0.1, -0.05) is 27.7 Å². The van der Waals surface area contributed by atoms with Crippen molar-refractivity contribution in [3.8, 4) is 0 Å². The molecule has 0 heterocycles. The molecule has 0 atom stereocenters. The summed E-state index contributed by atoms with van der Waals surface area (Å²) >= 11 is 0. The van der Waals surface area contributed by atoms with Gasteiger partial charge in [0.05, 0.1) is 0 Å². The van der Waals surface area contributed by atoms with E-state index in [2.05, 4.69) is 0 Å². The van der Waals surface area contributed by atoms with Crippen molar-refractivity contribution in [1.82, 2.24) is 0 Å². The summed E-state index contributed by atoms with van der Waals surface area (Å²) in [5.41, 5.74) is 0. The molecule has 0 radical (unpaired) electrons. The number of hydrogen-bond donors (Lipinski definition) is 2. The predicted octanol–water partition coefficient (Wildman–Crippen LogP) is 2.17. The number of rotatable bonds is 2. The Balaban J connectivity index is -0.0000000267. The van der Waals surface area contributed by atoms with E-state index >= 15 is 0 Å². The normalized spacial score (nSPS) is 7.38. The van der Waals surface area contributed by atoms with Crippen molar-refractivity contribution in [2.45, 2.75) is 27.7 Å². The molecule has 0 fully saturated rings. The molecule has 0 rings (SSSR count). The van der Waals surface area contributed by atoms with Gasteiger partial charge < -0.3 is 25.1 Å². The van der Waals surface area contributed by atoms with Crippen LogP contribution in [0.15, 0.2) is 0 Å². The summed E-state index contributed by atoms with van der Waals surface area (Å²) in [6.45, 7) is 8.50. The van der Waals surface area contributed by atoms with Crippen molar-refractivity contribution in [2.75, 3.05) is 13.2 Å². The van der Waals surface area contributed by atoms with Crippen molar-refractivity contribution in [1.29, 1.82) is 0 Å². The summed E-state index contributed by atoms with van der Waals surface area (Å²) < 4.78 is 0. The summed E-state index contributed by atoms with van der Waals surface area (Å²) in [7, 11) is 0. The molecule has 0 bridgehead atoms. The van der Waals surface area contributed by atoms with Gasteiger partial charge in [0.25, 0.3) is 0 Å². The fourth-order valence-corrected chi connectivity index (χ4v) is 0. The monoisotopic (exact) mass is 226 g/mol. The van der Waals surface area contributed by atoms with Crippen LogP contribution in [0.2, 0.25) is 0 Å². The third kappa shape index (κ3) is 66.5. The van der Waals surface area contributed by atoms with Crippen LogP contribution >= 0.6 is 0 Å². The second-order valence-corrected chi connectivity index (χ2v) is 3.15. The Morgan fingerprint density at radius 1 is 0.769 bits per heavy atom. The van der Waals surface area contributed by atoms with Crippen LogP contribution in [-0.2, 0) is 21.7 Å². The Hall–Kier alpha value is 0.634. The summed E-state index contributed by atoms with van der Waals surface area (Å²) in [6, 6.07) is 0. The van der Waals surface area contributed by atoms with E-state index in [9.17, 15) is 0 Å². The van der Waals surface area contributed by atoms with Crippen LogP contribution < -0.4 is 0 Å². The first-order valence-corrected chi connectivity index (χ1v) is 3.76. The zero-order valence-corrected chi connectivity index (χ0v) is 11.5. The Bertz CT molecular complexity index is 48.9. The molecule has 0 spiro atoms. The van der Waals surface area contributed by atoms with Crippen molar-refractivity contribution >= 4 is 0 Å². The second kappa shape index (κ2) is 22.9. The van der Waals surface area contributed by atoms with E-state index in [-0.39, 0.29) is 36.6 Å². The molecule has 13 heavy (non-hydrogen) atoms. The quantitative estimate of drug-likeness (QED) is 0.559. The SMILES string of the molecule is CC(C)CO.CC(C)CO.[CH3-].[CH3-].[Ti+2]. The number of aliphatic hydroxyl groups excluding tert-OH is 2. The van der Waals surface area contributed by atoms with E-state index < -0.39 is 0 Å². The Morgan fingerprint density at radius 3 is 0.846 bits per heavy atom. The van der Waals surface area contributed by atoms with Crippen LogP contribution in [0.5, 0.6) is 0 Å². The molecule has 0 aliphatic carbocycles. The summed E-state index contributed by atoms with van der Waals surface area (Å²) in [5, 5.41) is 16.3. The fourth-order valence-electron chi connectivity index (χ4n) is 0. The third-order valence-electron chi connectivity index (χ3n) is 0.730. The Morgan fingerprint density at radius 2 is 0.846 bits per heavy atom. The molecule has 0 amide bonds. The number of hydrogen-bond acceptors (Lipinski definition) is 2. The minimum atomic E-state index is 0. The zero-order valence-electron chi connectivity index (χ0n) is 9.96. The average Bonchev–Trinajstić information content (AvgIpc) is 1.89. The van der Waals surface area contributed by atoms with Gasteiger partial charge in [-0.15, -0.1) is 0 Å². The third-order valence-corrected chi connectivity index (χ3v) is 0.730. The molecule has 0 aromatic rings. The van der Waals surface area contributed by atoms with E-state index in [0.29, 0.717) is 25.0 Å². The first-order chi connectivity index (χ1) is 4.54. The minimum Gasteiger partial charge on any atom is -0.396 e. The van der Waals surface area contributed by atoms with Crippen molar-refractivity contribution in [3.05, 3.63) is 14.9 Å². The van der Waals surface area contributed by atoms with Gasteiger partial charge in [0.1, 0.15) is 0 Å². The van der Waals surface area contributed by atoms with Gasteiger partial charge in [-0.3, -0.25) is 0 Å². The molecule has 0 saturated carbocycles. The summed E-state index contributed by atoms with van der Waals surface area (Å²) in [5.74, 6) is 0.880. The van der Waals surface area contributed by atoms with Gasteiger partial charge in [0, 0.05) is 13.2 Å². The Labute approximate surface area is 99.6 Å². The molecule has 0 aliphatic rings. The molecule has 3 heteroatoms. The fraction of sp³-hybridized carbons (Fsp3) is 0.800. The topological polar surface area (TPSA) is 40.5 Å². The van der Waals surface area contributed by atoms with Crippen LogP contribution in [0.25, 0.3) is 0 Å². The molecule has 0 saturated heterocycles. The molecule has 0 aliphatic heterocycles. The van der Waals surface area contributed by atoms with E-state index in [0.717, 1.165) is 0 Å². The molecule has 0 unspecified atom stereocenters. The standard InChI is InChI=1S/2C4H10O.2CH3.Ti/c2*1-4(2)3-5;;;/h2*4-5H,3H2,1-2H3;2*1H3;/q;;2*-1;+2. The van der Waals surface area contributed by atoms with Crippen molar-refractivity contribution in [3.63, 3.8) is 0 Å². The van der Waals surface area contributed by atoms with Crippen LogP contribution in [0.4, 0.5) is 0 Å². The Kier molecular flexibility index (Phi) is 51.5. The molecule has 2 N–H and O–H groups in total. The van der Waals surface area contributed by atoms with Crippen LogP contribution in [0, 0.1) is 26.7 Å².